The number of fused-ring (bicyclic) bond motifs is 1. The minimum Gasteiger partial charge on any atom is -0.507 e. The van der Waals surface area contributed by atoms with Crippen molar-refractivity contribution in [3.8, 4) is 17.2 Å². The molecule has 4 fully saturated rings. The molecule has 4 bridgehead atoms. The molecule has 3 aromatic rings. The SMILES string of the molecule is Cc1ccc2oc(-c3ccc(NC(=S)NC(=O)CC45CC6CC(CC(C6)C4)C5)cc3O)nc2c1. The Morgan fingerprint density at radius 3 is 2.50 bits per heavy atom. The Morgan fingerprint density at radius 1 is 1.12 bits per heavy atom. The second kappa shape index (κ2) is 8.08. The van der Waals surface area contributed by atoms with Gasteiger partial charge in [0, 0.05) is 18.2 Å². The van der Waals surface area contributed by atoms with Crippen molar-refractivity contribution in [3.63, 3.8) is 0 Å². The molecule has 0 spiro atoms. The van der Waals surface area contributed by atoms with E-state index >= 15 is 0 Å². The van der Waals surface area contributed by atoms with Crippen LogP contribution in [0.25, 0.3) is 22.6 Å². The zero-order valence-electron chi connectivity index (χ0n) is 19.3. The number of amides is 1. The van der Waals surface area contributed by atoms with Crippen LogP contribution in [0, 0.1) is 30.1 Å². The molecule has 3 N–H and O–H groups in total. The van der Waals surface area contributed by atoms with Gasteiger partial charge in [-0.1, -0.05) is 6.07 Å². The number of rotatable bonds is 4. The molecule has 2 aromatic carbocycles. The topological polar surface area (TPSA) is 87.4 Å². The molecular weight excluding hydrogens is 446 g/mol. The predicted molar refractivity (Wildman–Crippen MR) is 135 cm³/mol. The average Bonchev–Trinajstić information content (AvgIpc) is 3.14. The minimum atomic E-state index is -0.0120. The fourth-order valence-electron chi connectivity index (χ4n) is 7.12. The fourth-order valence-corrected chi connectivity index (χ4v) is 7.35. The van der Waals surface area contributed by atoms with Crippen LogP contribution in [0.15, 0.2) is 40.8 Å². The molecule has 4 saturated carbocycles. The quantitative estimate of drug-likeness (QED) is 0.406. The number of aromatic nitrogens is 1. The lowest BCUT2D eigenvalue weighted by atomic mass is 9.49. The number of hydrogen-bond donors (Lipinski definition) is 3. The van der Waals surface area contributed by atoms with Gasteiger partial charge in [0.05, 0.1) is 5.56 Å². The van der Waals surface area contributed by atoms with Gasteiger partial charge >= 0.3 is 0 Å². The van der Waals surface area contributed by atoms with Gasteiger partial charge in [0.25, 0.3) is 0 Å². The van der Waals surface area contributed by atoms with Crippen molar-refractivity contribution in [2.75, 3.05) is 5.32 Å². The van der Waals surface area contributed by atoms with Gasteiger partial charge in [-0.15, -0.1) is 0 Å². The van der Waals surface area contributed by atoms with Gasteiger partial charge in [-0.25, -0.2) is 4.98 Å². The first kappa shape index (κ1) is 21.6. The van der Waals surface area contributed by atoms with Crippen molar-refractivity contribution >= 4 is 40.0 Å². The third kappa shape index (κ3) is 4.06. The maximum absolute atomic E-state index is 12.8. The van der Waals surface area contributed by atoms with Crippen LogP contribution in [0.2, 0.25) is 0 Å². The number of nitrogens with zero attached hydrogens (tertiary/aromatic N) is 1. The van der Waals surface area contributed by atoms with E-state index in [1.165, 1.54) is 38.5 Å². The summed E-state index contributed by atoms with van der Waals surface area (Å²) in [6.07, 6.45) is 8.22. The fraction of sp³-hybridized carbons (Fsp3) is 0.444. The average molecular weight is 476 g/mol. The van der Waals surface area contributed by atoms with Gasteiger partial charge in [0.1, 0.15) is 11.3 Å². The minimum absolute atomic E-state index is 0.0120. The molecule has 0 aliphatic heterocycles. The lowest BCUT2D eigenvalue weighted by Crippen LogP contribution is -2.48. The molecule has 1 heterocycles. The number of phenols is 1. The Morgan fingerprint density at radius 2 is 1.82 bits per heavy atom. The molecule has 6 nitrogen and oxygen atoms in total. The molecule has 1 amide bonds. The number of carbonyl (C=O) groups excluding carboxylic acids is 1. The van der Waals surface area contributed by atoms with Gasteiger partial charge in [-0.2, -0.15) is 0 Å². The molecule has 0 saturated heterocycles. The number of nitrogens with one attached hydrogen (secondary N) is 2. The number of anilines is 1. The number of aromatic hydroxyl groups is 1. The third-order valence-corrected chi connectivity index (χ3v) is 8.19. The maximum Gasteiger partial charge on any atom is 0.231 e. The van der Waals surface area contributed by atoms with Crippen LogP contribution in [-0.2, 0) is 4.79 Å². The van der Waals surface area contributed by atoms with Gasteiger partial charge in [0.2, 0.25) is 11.8 Å². The number of oxazole rings is 1. The van der Waals surface area contributed by atoms with Crippen LogP contribution < -0.4 is 10.6 Å². The highest BCUT2D eigenvalue weighted by Gasteiger charge is 2.51. The van der Waals surface area contributed by atoms with Gasteiger partial charge in [0.15, 0.2) is 10.7 Å². The van der Waals surface area contributed by atoms with E-state index in [4.69, 9.17) is 16.6 Å². The highest BCUT2D eigenvalue weighted by atomic mass is 32.1. The Kier molecular flexibility index (Phi) is 5.13. The van der Waals surface area contributed by atoms with E-state index in [0.717, 1.165) is 28.8 Å². The Labute approximate surface area is 204 Å². The summed E-state index contributed by atoms with van der Waals surface area (Å²) in [5, 5.41) is 16.7. The van der Waals surface area contributed by atoms with E-state index in [1.807, 2.05) is 25.1 Å². The molecule has 4 aliphatic rings. The molecular formula is C27H29N3O3S. The van der Waals surface area contributed by atoms with Crippen molar-refractivity contribution in [1.82, 2.24) is 10.3 Å². The molecule has 7 heteroatoms. The van der Waals surface area contributed by atoms with Crippen molar-refractivity contribution in [3.05, 3.63) is 42.0 Å². The molecule has 0 atom stereocenters. The number of phenolic OH excluding ortho intramolecular Hbond substituents is 1. The Hall–Kier alpha value is -2.93. The Bertz CT molecular complexity index is 1260. The molecule has 7 rings (SSSR count). The normalized spacial score (nSPS) is 27.1. The largest absolute Gasteiger partial charge is 0.507 e. The van der Waals surface area contributed by atoms with Crippen LogP contribution in [-0.4, -0.2) is 21.1 Å². The smallest absolute Gasteiger partial charge is 0.231 e. The first-order valence-corrected chi connectivity index (χ1v) is 12.6. The molecule has 176 valence electrons. The predicted octanol–water partition coefficient (Wildman–Crippen LogP) is 5.93. The summed E-state index contributed by atoms with van der Waals surface area (Å²) in [5.41, 5.74) is 3.77. The summed E-state index contributed by atoms with van der Waals surface area (Å²) in [6.45, 7) is 2.00. The van der Waals surface area contributed by atoms with Crippen LogP contribution in [0.3, 0.4) is 0 Å². The van der Waals surface area contributed by atoms with E-state index in [2.05, 4.69) is 15.6 Å². The lowest BCUT2D eigenvalue weighted by Gasteiger charge is -2.56. The monoisotopic (exact) mass is 475 g/mol. The third-order valence-electron chi connectivity index (χ3n) is 7.98. The van der Waals surface area contributed by atoms with E-state index in [-0.39, 0.29) is 22.2 Å². The van der Waals surface area contributed by atoms with Crippen molar-refractivity contribution in [2.24, 2.45) is 23.2 Å². The number of benzene rings is 2. The van der Waals surface area contributed by atoms with Gasteiger partial charge in [-0.3, -0.25) is 4.79 Å². The van der Waals surface area contributed by atoms with Crippen LogP contribution >= 0.6 is 12.2 Å². The lowest BCUT2D eigenvalue weighted by molar-refractivity contribution is -0.127. The van der Waals surface area contributed by atoms with Crippen molar-refractivity contribution in [1.29, 1.82) is 0 Å². The standard InChI is InChI=1S/C27H29N3O3S/c1-15-2-5-23-21(6-15)29-25(33-23)20-4-3-19(10-22(20)31)28-26(34)30-24(32)14-27-11-16-7-17(12-27)9-18(8-16)13-27/h2-6,10,16-18,31H,7-9,11-14H2,1H3,(H2,28,30,32,34). The maximum atomic E-state index is 12.8. The second-order valence-corrected chi connectivity index (χ2v) is 11.2. The highest BCUT2D eigenvalue weighted by molar-refractivity contribution is 7.80. The number of hydrogen-bond acceptors (Lipinski definition) is 5. The Balaban J connectivity index is 1.10. The van der Waals surface area contributed by atoms with Crippen LogP contribution in [0.5, 0.6) is 5.75 Å². The van der Waals surface area contributed by atoms with E-state index < -0.39 is 0 Å². The highest BCUT2D eigenvalue weighted by Crippen LogP contribution is 2.61. The number of carbonyl (C=O) groups is 1. The summed E-state index contributed by atoms with van der Waals surface area (Å²) in [5.74, 6) is 2.82. The first-order chi connectivity index (χ1) is 16.3. The van der Waals surface area contributed by atoms with Crippen LogP contribution in [0.1, 0.15) is 50.5 Å². The number of aryl methyl sites for hydroxylation is 1. The summed E-state index contributed by atoms with van der Waals surface area (Å²) >= 11 is 5.39. The van der Waals surface area contributed by atoms with E-state index in [0.29, 0.717) is 29.1 Å². The zero-order chi connectivity index (χ0) is 23.4. The summed E-state index contributed by atoms with van der Waals surface area (Å²) in [4.78, 5) is 17.3. The number of thiocarbonyl (C=S) groups is 1. The van der Waals surface area contributed by atoms with E-state index in [1.54, 1.807) is 18.2 Å². The molecule has 4 aliphatic carbocycles. The van der Waals surface area contributed by atoms with Gasteiger partial charge in [-0.05, 0) is 111 Å². The summed E-state index contributed by atoms with van der Waals surface area (Å²) < 4.78 is 5.80. The molecule has 0 radical (unpaired) electrons. The zero-order valence-corrected chi connectivity index (χ0v) is 20.1. The summed E-state index contributed by atoms with van der Waals surface area (Å²) in [7, 11) is 0. The molecule has 0 unspecified atom stereocenters. The van der Waals surface area contributed by atoms with Gasteiger partial charge < -0.3 is 20.2 Å². The van der Waals surface area contributed by atoms with Crippen molar-refractivity contribution in [2.45, 2.75) is 51.9 Å². The first-order valence-electron chi connectivity index (χ1n) is 12.2. The van der Waals surface area contributed by atoms with Crippen LogP contribution in [0.4, 0.5) is 5.69 Å². The van der Waals surface area contributed by atoms with Crippen molar-refractivity contribution < 1.29 is 14.3 Å². The van der Waals surface area contributed by atoms with E-state index in [9.17, 15) is 9.90 Å². The molecule has 1 aromatic heterocycles. The summed E-state index contributed by atoms with van der Waals surface area (Å²) in [6, 6.07) is 10.9. The second-order valence-electron chi connectivity index (χ2n) is 10.8. The molecule has 34 heavy (non-hydrogen) atoms.